The second-order valence-corrected chi connectivity index (χ2v) is 7.38. The second kappa shape index (κ2) is 6.97. The van der Waals surface area contributed by atoms with Crippen LogP contribution in [0.15, 0.2) is 45.7 Å². The lowest BCUT2D eigenvalue weighted by Crippen LogP contribution is -2.18. The Bertz CT molecular complexity index is 777. The molecule has 124 valence electrons. The summed E-state index contributed by atoms with van der Waals surface area (Å²) in [5.41, 5.74) is 2.47. The van der Waals surface area contributed by atoms with Crippen LogP contribution < -0.4 is 5.48 Å². The first-order valence-corrected chi connectivity index (χ1v) is 8.86. The molecule has 0 aliphatic carbocycles. The fraction of sp³-hybridized carbons (Fsp3) is 0.312. The molecule has 0 radical (unpaired) electrons. The molecular formula is C16H19NO5S. The number of amides is 1. The van der Waals surface area contributed by atoms with Crippen molar-refractivity contribution in [3.63, 3.8) is 0 Å². The van der Waals surface area contributed by atoms with Crippen molar-refractivity contribution in [3.8, 4) is 0 Å². The van der Waals surface area contributed by atoms with Crippen molar-refractivity contribution >= 4 is 15.7 Å². The highest BCUT2D eigenvalue weighted by Gasteiger charge is 2.24. The summed E-state index contributed by atoms with van der Waals surface area (Å²) in [6.45, 7) is 3.74. The van der Waals surface area contributed by atoms with Crippen LogP contribution in [0.2, 0.25) is 0 Å². The minimum absolute atomic E-state index is 0.0614. The van der Waals surface area contributed by atoms with E-state index in [0.29, 0.717) is 12.2 Å². The van der Waals surface area contributed by atoms with Gasteiger partial charge in [0, 0.05) is 5.92 Å². The zero-order valence-electron chi connectivity index (χ0n) is 12.9. The van der Waals surface area contributed by atoms with Gasteiger partial charge in [0.1, 0.15) is 5.76 Å². The lowest BCUT2D eigenvalue weighted by atomic mass is 10.1. The summed E-state index contributed by atoms with van der Waals surface area (Å²) >= 11 is 0. The first-order chi connectivity index (χ1) is 10.9. The Labute approximate surface area is 135 Å². The van der Waals surface area contributed by atoms with Gasteiger partial charge in [0.2, 0.25) is 0 Å². The summed E-state index contributed by atoms with van der Waals surface area (Å²) < 4.78 is 30.4. The average molecular weight is 337 g/mol. The average Bonchev–Trinajstić information content (AvgIpc) is 3.02. The van der Waals surface area contributed by atoms with E-state index in [4.69, 9.17) is 9.62 Å². The van der Waals surface area contributed by atoms with Crippen LogP contribution in [0.4, 0.5) is 0 Å². The summed E-state index contributed by atoms with van der Waals surface area (Å²) in [5, 5.41) is 8.60. The Kier molecular flexibility index (Phi) is 5.23. The topological polar surface area (TPSA) is 96.6 Å². The van der Waals surface area contributed by atoms with Gasteiger partial charge in [-0.25, -0.2) is 13.9 Å². The zero-order chi connectivity index (χ0) is 17.0. The standard InChI is InChI=1S/C16H19NO5S/c1-3-12(14-8-9-15(22-14)16(18)17-19)10-23(20,21)13-6-4-11(2)5-7-13/h4-9,12,19H,3,10H2,1-2H3,(H,17,18)/t12-/m0/s1. The van der Waals surface area contributed by atoms with Crippen LogP contribution in [0.25, 0.3) is 0 Å². The molecule has 0 saturated heterocycles. The predicted octanol–water partition coefficient (Wildman–Crippen LogP) is 2.67. The van der Waals surface area contributed by atoms with Crippen molar-refractivity contribution in [2.24, 2.45) is 0 Å². The number of aryl methyl sites for hydroxylation is 1. The van der Waals surface area contributed by atoms with Crippen molar-refractivity contribution in [3.05, 3.63) is 53.5 Å². The molecule has 0 saturated carbocycles. The second-order valence-electron chi connectivity index (χ2n) is 5.34. The maximum absolute atomic E-state index is 12.5. The lowest BCUT2D eigenvalue weighted by molar-refractivity contribution is 0.0674. The van der Waals surface area contributed by atoms with Gasteiger partial charge in [-0.3, -0.25) is 10.0 Å². The van der Waals surface area contributed by atoms with E-state index in [9.17, 15) is 13.2 Å². The van der Waals surface area contributed by atoms with Gasteiger partial charge in [-0.1, -0.05) is 24.6 Å². The first-order valence-electron chi connectivity index (χ1n) is 7.21. The van der Waals surface area contributed by atoms with Gasteiger partial charge in [-0.05, 0) is 37.6 Å². The minimum atomic E-state index is -3.46. The van der Waals surface area contributed by atoms with E-state index in [1.165, 1.54) is 11.5 Å². The zero-order valence-corrected chi connectivity index (χ0v) is 13.8. The van der Waals surface area contributed by atoms with Gasteiger partial charge in [0.25, 0.3) is 0 Å². The maximum atomic E-state index is 12.5. The van der Waals surface area contributed by atoms with Crippen LogP contribution in [-0.4, -0.2) is 25.3 Å². The molecule has 23 heavy (non-hydrogen) atoms. The van der Waals surface area contributed by atoms with Gasteiger partial charge < -0.3 is 4.42 Å². The van der Waals surface area contributed by atoms with Gasteiger partial charge in [-0.2, -0.15) is 0 Å². The molecule has 2 rings (SSSR count). The Balaban J connectivity index is 2.23. The largest absolute Gasteiger partial charge is 0.456 e. The van der Waals surface area contributed by atoms with Crippen molar-refractivity contribution in [2.45, 2.75) is 31.1 Å². The molecule has 0 aliphatic heterocycles. The number of benzene rings is 1. The quantitative estimate of drug-likeness (QED) is 0.624. The highest BCUT2D eigenvalue weighted by Crippen LogP contribution is 2.26. The molecule has 2 aromatic rings. The number of sulfone groups is 1. The summed E-state index contributed by atoms with van der Waals surface area (Å²) in [5.74, 6) is -0.912. The van der Waals surface area contributed by atoms with Crippen LogP contribution in [0.5, 0.6) is 0 Å². The van der Waals surface area contributed by atoms with Gasteiger partial charge in [0.05, 0.1) is 10.6 Å². The molecule has 2 N–H and O–H groups in total. The van der Waals surface area contributed by atoms with Crippen molar-refractivity contribution < 1.29 is 22.8 Å². The molecule has 0 spiro atoms. The molecule has 0 fully saturated rings. The Hall–Kier alpha value is -2.12. The van der Waals surface area contributed by atoms with Gasteiger partial charge in [0.15, 0.2) is 15.6 Å². The third-order valence-electron chi connectivity index (χ3n) is 3.65. The Morgan fingerprint density at radius 3 is 2.43 bits per heavy atom. The molecule has 1 heterocycles. The fourth-order valence-corrected chi connectivity index (χ4v) is 3.93. The summed E-state index contributed by atoms with van der Waals surface area (Å²) in [7, 11) is -3.46. The fourth-order valence-electron chi connectivity index (χ4n) is 2.26. The molecular weight excluding hydrogens is 318 g/mol. The molecule has 0 unspecified atom stereocenters. The van der Waals surface area contributed by atoms with Crippen LogP contribution >= 0.6 is 0 Å². The molecule has 1 aromatic heterocycles. The van der Waals surface area contributed by atoms with Crippen molar-refractivity contribution in [1.82, 2.24) is 5.48 Å². The number of furan rings is 1. The number of carbonyl (C=O) groups excluding carboxylic acids is 1. The number of hydroxylamine groups is 1. The van der Waals surface area contributed by atoms with E-state index in [0.717, 1.165) is 5.56 Å². The number of rotatable bonds is 6. The Morgan fingerprint density at radius 1 is 1.22 bits per heavy atom. The van der Waals surface area contributed by atoms with Gasteiger partial charge in [-0.15, -0.1) is 0 Å². The molecule has 0 aliphatic rings. The normalized spacial score (nSPS) is 12.8. The van der Waals surface area contributed by atoms with Crippen molar-refractivity contribution in [2.75, 3.05) is 5.75 Å². The third kappa shape index (κ3) is 4.00. The third-order valence-corrected chi connectivity index (χ3v) is 5.48. The van der Waals surface area contributed by atoms with E-state index in [1.54, 1.807) is 30.3 Å². The maximum Gasteiger partial charge on any atom is 0.310 e. The van der Waals surface area contributed by atoms with E-state index in [-0.39, 0.29) is 22.3 Å². The molecule has 1 aromatic carbocycles. The first kappa shape index (κ1) is 17.2. The SMILES string of the molecule is CC[C@@H](CS(=O)(=O)c1ccc(C)cc1)c1ccc(C(=O)NO)o1. The van der Waals surface area contributed by atoms with Crippen molar-refractivity contribution in [1.29, 1.82) is 0 Å². The van der Waals surface area contributed by atoms with E-state index >= 15 is 0 Å². The van der Waals surface area contributed by atoms with E-state index < -0.39 is 15.7 Å². The van der Waals surface area contributed by atoms with Crippen LogP contribution in [0, 0.1) is 6.92 Å². The lowest BCUT2D eigenvalue weighted by Gasteiger charge is -2.13. The summed E-state index contributed by atoms with van der Waals surface area (Å²) in [6.07, 6.45) is 0.540. The Morgan fingerprint density at radius 2 is 1.87 bits per heavy atom. The molecule has 0 bridgehead atoms. The molecule has 1 amide bonds. The molecule has 6 nitrogen and oxygen atoms in total. The van der Waals surface area contributed by atoms with E-state index in [2.05, 4.69) is 0 Å². The summed E-state index contributed by atoms with van der Waals surface area (Å²) in [6, 6.07) is 9.65. The smallest absolute Gasteiger partial charge is 0.310 e. The predicted molar refractivity (Wildman–Crippen MR) is 84.2 cm³/mol. The summed E-state index contributed by atoms with van der Waals surface area (Å²) in [4.78, 5) is 11.6. The van der Waals surface area contributed by atoms with Crippen LogP contribution in [0.1, 0.15) is 41.1 Å². The highest BCUT2D eigenvalue weighted by molar-refractivity contribution is 7.91. The molecule has 1 atom stereocenters. The highest BCUT2D eigenvalue weighted by atomic mass is 32.2. The minimum Gasteiger partial charge on any atom is -0.456 e. The molecule has 7 heteroatoms. The number of nitrogens with one attached hydrogen (secondary N) is 1. The van der Waals surface area contributed by atoms with Crippen LogP contribution in [-0.2, 0) is 9.84 Å². The number of carbonyl (C=O) groups is 1. The van der Waals surface area contributed by atoms with E-state index in [1.807, 2.05) is 13.8 Å². The number of hydrogen-bond acceptors (Lipinski definition) is 5. The van der Waals surface area contributed by atoms with Crippen LogP contribution in [0.3, 0.4) is 0 Å². The number of hydrogen-bond donors (Lipinski definition) is 2. The van der Waals surface area contributed by atoms with Gasteiger partial charge >= 0.3 is 5.91 Å². The monoisotopic (exact) mass is 337 g/mol.